The lowest BCUT2D eigenvalue weighted by atomic mass is 10.3. The Hall–Kier alpha value is -2.67. The average Bonchev–Trinajstić information content (AvgIpc) is 2.42. The van der Waals surface area contributed by atoms with Gasteiger partial charge in [-0.05, 0) is 30.3 Å². The number of pyridine rings is 1. The third-order valence-corrected chi connectivity index (χ3v) is 2.55. The number of aromatic nitrogens is 1. The fourth-order valence-corrected chi connectivity index (χ4v) is 1.51. The zero-order valence-corrected chi connectivity index (χ0v) is 10.9. The first kappa shape index (κ1) is 13.8. The molecule has 0 fully saturated rings. The zero-order valence-electron chi connectivity index (χ0n) is 10.2. The van der Waals surface area contributed by atoms with E-state index in [1.165, 1.54) is 12.1 Å². The van der Waals surface area contributed by atoms with Gasteiger partial charge in [-0.3, -0.25) is 10.1 Å². The quantitative estimate of drug-likeness (QED) is 0.391. The van der Waals surface area contributed by atoms with E-state index in [9.17, 15) is 10.1 Å². The lowest BCUT2D eigenvalue weighted by Crippen LogP contribution is -2.21. The van der Waals surface area contributed by atoms with Gasteiger partial charge in [0, 0.05) is 16.8 Å². The topological polar surface area (TPSA) is 106 Å². The molecule has 0 radical (unpaired) electrons. The van der Waals surface area contributed by atoms with Gasteiger partial charge >= 0.3 is 0 Å². The summed E-state index contributed by atoms with van der Waals surface area (Å²) < 4.78 is 0. The Labute approximate surface area is 119 Å². The van der Waals surface area contributed by atoms with Crippen molar-refractivity contribution in [3.05, 3.63) is 57.7 Å². The van der Waals surface area contributed by atoms with Crippen LogP contribution >= 0.6 is 11.6 Å². The van der Waals surface area contributed by atoms with Crippen LogP contribution in [0.2, 0.25) is 5.02 Å². The van der Waals surface area contributed by atoms with Gasteiger partial charge in [0.2, 0.25) is 0 Å². The molecule has 0 aliphatic heterocycles. The van der Waals surface area contributed by atoms with Crippen LogP contribution in [0.3, 0.4) is 0 Å². The number of nitro groups is 1. The Balaban J connectivity index is 2.09. The van der Waals surface area contributed by atoms with Crippen molar-refractivity contribution >= 4 is 34.8 Å². The number of guanidine groups is 1. The van der Waals surface area contributed by atoms with Gasteiger partial charge in [0.15, 0.2) is 11.8 Å². The van der Waals surface area contributed by atoms with Crippen LogP contribution in [-0.4, -0.2) is 15.9 Å². The summed E-state index contributed by atoms with van der Waals surface area (Å²) in [4.78, 5) is 17.8. The fraction of sp³-hybridized carbons (Fsp3) is 0. The second-order valence-electron chi connectivity index (χ2n) is 3.76. The minimum Gasteiger partial charge on any atom is -0.369 e. The fourth-order valence-electron chi connectivity index (χ4n) is 1.38. The van der Waals surface area contributed by atoms with Crippen LogP contribution in [0.5, 0.6) is 0 Å². The zero-order chi connectivity index (χ0) is 14.5. The van der Waals surface area contributed by atoms with Crippen LogP contribution in [0.25, 0.3) is 0 Å². The maximum Gasteiger partial charge on any atom is 0.287 e. The normalized spacial score (nSPS) is 11.2. The Kier molecular flexibility index (Phi) is 4.11. The molecule has 8 heteroatoms. The third-order valence-electron chi connectivity index (χ3n) is 2.29. The van der Waals surface area contributed by atoms with Crippen molar-refractivity contribution in [3.63, 3.8) is 0 Å². The molecule has 0 aliphatic rings. The molecule has 0 aliphatic carbocycles. The number of nitrogens with two attached hydrogens (primary N) is 1. The highest BCUT2D eigenvalue weighted by atomic mass is 35.5. The molecule has 1 aromatic heterocycles. The molecule has 0 unspecified atom stereocenters. The van der Waals surface area contributed by atoms with Gasteiger partial charge in [-0.2, -0.15) is 4.99 Å². The Bertz CT molecular complexity index is 640. The van der Waals surface area contributed by atoms with E-state index < -0.39 is 4.92 Å². The highest BCUT2D eigenvalue weighted by Crippen LogP contribution is 2.15. The van der Waals surface area contributed by atoms with Crippen LogP contribution in [0.1, 0.15) is 0 Å². The van der Waals surface area contributed by atoms with E-state index in [0.717, 1.165) is 11.9 Å². The summed E-state index contributed by atoms with van der Waals surface area (Å²) >= 11 is 5.76. The van der Waals surface area contributed by atoms with Crippen LogP contribution in [0.15, 0.2) is 47.6 Å². The number of nitrogens with one attached hydrogen (secondary N) is 1. The van der Waals surface area contributed by atoms with Crippen molar-refractivity contribution in [1.82, 2.24) is 4.98 Å². The van der Waals surface area contributed by atoms with Crippen molar-refractivity contribution in [2.75, 3.05) is 5.32 Å². The van der Waals surface area contributed by atoms with E-state index in [-0.39, 0.29) is 17.5 Å². The number of aliphatic imine (C=N–C) groups is 1. The highest BCUT2D eigenvalue weighted by molar-refractivity contribution is 6.30. The predicted molar refractivity (Wildman–Crippen MR) is 77.2 cm³/mol. The van der Waals surface area contributed by atoms with Crippen molar-refractivity contribution < 1.29 is 4.92 Å². The molecule has 0 amide bonds. The summed E-state index contributed by atoms with van der Waals surface area (Å²) in [5.74, 6) is 0.392. The van der Waals surface area contributed by atoms with Gasteiger partial charge in [0.25, 0.3) is 5.69 Å². The number of benzene rings is 1. The SMILES string of the molecule is NC(=Nc1ccc([N+](=O)[O-])cn1)Nc1ccc(Cl)cc1. The maximum absolute atomic E-state index is 10.5. The summed E-state index contributed by atoms with van der Waals surface area (Å²) in [5.41, 5.74) is 6.32. The minimum absolute atomic E-state index is 0.104. The van der Waals surface area contributed by atoms with E-state index >= 15 is 0 Å². The van der Waals surface area contributed by atoms with Crippen molar-refractivity contribution in [1.29, 1.82) is 0 Å². The van der Waals surface area contributed by atoms with Crippen LogP contribution in [0, 0.1) is 10.1 Å². The molecule has 0 spiro atoms. The van der Waals surface area contributed by atoms with Gasteiger partial charge in [0.05, 0.1) is 4.92 Å². The first-order valence-electron chi connectivity index (χ1n) is 5.52. The van der Waals surface area contributed by atoms with Gasteiger partial charge in [0.1, 0.15) is 6.20 Å². The second kappa shape index (κ2) is 5.98. The maximum atomic E-state index is 10.5. The number of anilines is 1. The molecule has 7 nitrogen and oxygen atoms in total. The molecule has 0 saturated heterocycles. The lowest BCUT2D eigenvalue weighted by molar-refractivity contribution is -0.385. The number of rotatable bonds is 3. The molecular formula is C12H10ClN5O2. The smallest absolute Gasteiger partial charge is 0.287 e. The first-order chi connectivity index (χ1) is 9.54. The van der Waals surface area contributed by atoms with Crippen LogP contribution in [0.4, 0.5) is 17.2 Å². The number of hydrogen-bond acceptors (Lipinski definition) is 4. The van der Waals surface area contributed by atoms with Gasteiger partial charge in [-0.1, -0.05) is 11.6 Å². The first-order valence-corrected chi connectivity index (χ1v) is 5.89. The van der Waals surface area contributed by atoms with Crippen molar-refractivity contribution in [2.45, 2.75) is 0 Å². The van der Waals surface area contributed by atoms with E-state index in [2.05, 4.69) is 15.3 Å². The van der Waals surface area contributed by atoms with E-state index in [1.54, 1.807) is 24.3 Å². The summed E-state index contributed by atoms with van der Waals surface area (Å²) in [6, 6.07) is 9.63. The Morgan fingerprint density at radius 2 is 2.00 bits per heavy atom. The molecule has 102 valence electrons. The highest BCUT2D eigenvalue weighted by Gasteiger charge is 2.05. The molecule has 2 aromatic rings. The number of hydrogen-bond donors (Lipinski definition) is 2. The summed E-state index contributed by atoms with van der Waals surface area (Å²) in [6.45, 7) is 0. The predicted octanol–water partition coefficient (Wildman–Crippen LogP) is 2.70. The molecule has 3 N–H and O–H groups in total. The monoisotopic (exact) mass is 291 g/mol. The molecule has 1 aromatic carbocycles. The number of halogens is 1. The molecule has 20 heavy (non-hydrogen) atoms. The van der Waals surface area contributed by atoms with Gasteiger partial charge in [-0.25, -0.2) is 4.98 Å². The van der Waals surface area contributed by atoms with Crippen LogP contribution < -0.4 is 11.1 Å². The molecule has 1 heterocycles. The van der Waals surface area contributed by atoms with Gasteiger partial charge < -0.3 is 11.1 Å². The molecule has 0 saturated carbocycles. The number of nitrogens with zero attached hydrogens (tertiary/aromatic N) is 3. The summed E-state index contributed by atoms with van der Waals surface area (Å²) in [6.07, 6.45) is 1.12. The summed E-state index contributed by atoms with van der Waals surface area (Å²) in [7, 11) is 0. The standard InChI is InChI=1S/C12H10ClN5O2/c13-8-1-3-9(4-2-8)16-12(14)17-11-6-5-10(7-15-11)18(19)20/h1-7H,(H3,14,15,16,17). The van der Waals surface area contributed by atoms with Gasteiger partial charge in [-0.15, -0.1) is 0 Å². The molecule has 2 rings (SSSR count). The molecular weight excluding hydrogens is 282 g/mol. The molecule has 0 atom stereocenters. The van der Waals surface area contributed by atoms with Crippen molar-refractivity contribution in [3.8, 4) is 0 Å². The molecule has 0 bridgehead atoms. The van der Waals surface area contributed by atoms with Crippen molar-refractivity contribution in [2.24, 2.45) is 10.7 Å². The minimum atomic E-state index is -0.532. The average molecular weight is 292 g/mol. The van der Waals surface area contributed by atoms with E-state index in [0.29, 0.717) is 5.02 Å². The summed E-state index contributed by atoms with van der Waals surface area (Å²) in [5, 5.41) is 13.9. The van der Waals surface area contributed by atoms with Crippen LogP contribution in [-0.2, 0) is 0 Å². The largest absolute Gasteiger partial charge is 0.369 e. The second-order valence-corrected chi connectivity index (χ2v) is 4.20. The Morgan fingerprint density at radius 1 is 1.30 bits per heavy atom. The lowest BCUT2D eigenvalue weighted by Gasteiger charge is -2.04. The third kappa shape index (κ3) is 3.66. The Morgan fingerprint density at radius 3 is 2.55 bits per heavy atom. The van der Waals surface area contributed by atoms with E-state index in [1.807, 2.05) is 0 Å². The van der Waals surface area contributed by atoms with E-state index in [4.69, 9.17) is 17.3 Å².